The van der Waals surface area contributed by atoms with E-state index in [0.29, 0.717) is 5.56 Å². The molecule has 1 aromatic carbocycles. The maximum absolute atomic E-state index is 11.6. The molecule has 1 rings (SSSR count). The Balaban J connectivity index is 2.66. The maximum atomic E-state index is 11.6. The van der Waals surface area contributed by atoms with Crippen molar-refractivity contribution < 1.29 is 19.2 Å². The standard InChI is InChI=1S/C12H15N3O5/c1-2-20-12(17)10(13)11(16)14-7-8-5-3-4-6-9(8)15(18)19/h3-6,10H,2,7,13H2,1H3,(H,14,16). The first kappa shape index (κ1) is 15.6. The van der Waals surface area contributed by atoms with E-state index in [1.165, 1.54) is 18.2 Å². The smallest absolute Gasteiger partial charge is 0.332 e. The Morgan fingerprint density at radius 1 is 1.45 bits per heavy atom. The van der Waals surface area contributed by atoms with Crippen LogP contribution in [-0.4, -0.2) is 29.4 Å². The van der Waals surface area contributed by atoms with E-state index in [9.17, 15) is 19.7 Å². The summed E-state index contributed by atoms with van der Waals surface area (Å²) < 4.78 is 4.61. The van der Waals surface area contributed by atoms with Crippen molar-refractivity contribution in [2.45, 2.75) is 19.5 Å². The SMILES string of the molecule is CCOC(=O)C(N)C(=O)NCc1ccccc1[N+](=O)[O-]. The molecule has 0 fully saturated rings. The molecule has 1 atom stereocenters. The number of nitro groups is 1. The van der Waals surface area contributed by atoms with Crippen molar-refractivity contribution in [1.29, 1.82) is 0 Å². The normalized spacial score (nSPS) is 11.5. The van der Waals surface area contributed by atoms with Gasteiger partial charge in [0.15, 0.2) is 6.04 Å². The van der Waals surface area contributed by atoms with E-state index in [0.717, 1.165) is 0 Å². The van der Waals surface area contributed by atoms with Gasteiger partial charge in [-0.3, -0.25) is 14.9 Å². The van der Waals surface area contributed by atoms with E-state index < -0.39 is 22.8 Å². The summed E-state index contributed by atoms with van der Waals surface area (Å²) in [6, 6.07) is 4.52. The van der Waals surface area contributed by atoms with Crippen LogP contribution < -0.4 is 11.1 Å². The van der Waals surface area contributed by atoms with E-state index in [2.05, 4.69) is 10.1 Å². The van der Waals surface area contributed by atoms with E-state index >= 15 is 0 Å². The van der Waals surface area contributed by atoms with Crippen molar-refractivity contribution in [1.82, 2.24) is 5.32 Å². The van der Waals surface area contributed by atoms with Crippen LogP contribution in [0.25, 0.3) is 0 Å². The van der Waals surface area contributed by atoms with Crippen LogP contribution in [0.15, 0.2) is 24.3 Å². The van der Waals surface area contributed by atoms with E-state index in [-0.39, 0.29) is 18.8 Å². The van der Waals surface area contributed by atoms with Crippen LogP contribution >= 0.6 is 0 Å². The number of carbonyl (C=O) groups is 2. The number of nitrogens with one attached hydrogen (secondary N) is 1. The quantitative estimate of drug-likeness (QED) is 0.330. The van der Waals surface area contributed by atoms with Gasteiger partial charge in [0, 0.05) is 18.2 Å². The van der Waals surface area contributed by atoms with Gasteiger partial charge in [0.2, 0.25) is 5.91 Å². The molecule has 0 spiro atoms. The van der Waals surface area contributed by atoms with Crippen LogP contribution in [0.4, 0.5) is 5.69 Å². The third-order valence-electron chi connectivity index (χ3n) is 2.46. The van der Waals surface area contributed by atoms with E-state index in [1.54, 1.807) is 13.0 Å². The van der Waals surface area contributed by atoms with Crippen molar-refractivity contribution in [3.05, 3.63) is 39.9 Å². The fraction of sp³-hybridized carbons (Fsp3) is 0.333. The molecule has 1 amide bonds. The second-order valence-electron chi connectivity index (χ2n) is 3.83. The van der Waals surface area contributed by atoms with Crippen LogP contribution in [-0.2, 0) is 20.9 Å². The van der Waals surface area contributed by atoms with Crippen LogP contribution in [0.3, 0.4) is 0 Å². The molecule has 8 nitrogen and oxygen atoms in total. The maximum Gasteiger partial charge on any atom is 0.332 e. The molecule has 0 aliphatic rings. The zero-order chi connectivity index (χ0) is 15.1. The number of benzene rings is 1. The summed E-state index contributed by atoms with van der Waals surface area (Å²) in [7, 11) is 0. The Bertz CT molecular complexity index is 518. The fourth-order valence-corrected chi connectivity index (χ4v) is 1.47. The summed E-state index contributed by atoms with van der Waals surface area (Å²) in [6.45, 7) is 1.61. The summed E-state index contributed by atoms with van der Waals surface area (Å²) in [4.78, 5) is 33.1. The Morgan fingerprint density at radius 3 is 2.70 bits per heavy atom. The number of esters is 1. The molecular weight excluding hydrogens is 266 g/mol. The lowest BCUT2D eigenvalue weighted by molar-refractivity contribution is -0.385. The first-order chi connectivity index (χ1) is 9.47. The van der Waals surface area contributed by atoms with Gasteiger partial charge in [-0.2, -0.15) is 0 Å². The molecule has 0 aliphatic carbocycles. The Hall–Kier alpha value is -2.48. The van der Waals surface area contributed by atoms with Crippen molar-refractivity contribution in [2.24, 2.45) is 5.73 Å². The molecule has 0 aliphatic heterocycles. The number of hydrogen-bond donors (Lipinski definition) is 2. The number of carbonyl (C=O) groups excluding carboxylic acids is 2. The molecule has 0 aromatic heterocycles. The molecular formula is C12H15N3O5. The summed E-state index contributed by atoms with van der Waals surface area (Å²) in [5.74, 6) is -1.59. The van der Waals surface area contributed by atoms with Crippen molar-refractivity contribution in [2.75, 3.05) is 6.61 Å². The van der Waals surface area contributed by atoms with Crippen LogP contribution in [0.1, 0.15) is 12.5 Å². The number of rotatable bonds is 6. The van der Waals surface area contributed by atoms with Gasteiger partial charge in [0.25, 0.3) is 5.69 Å². The number of para-hydroxylation sites is 1. The van der Waals surface area contributed by atoms with Crippen LogP contribution in [0, 0.1) is 10.1 Å². The molecule has 0 saturated carbocycles. The predicted octanol–water partition coefficient (Wildman–Crippen LogP) is 0.101. The highest BCUT2D eigenvalue weighted by Gasteiger charge is 2.23. The molecule has 1 unspecified atom stereocenters. The number of ether oxygens (including phenoxy) is 1. The van der Waals surface area contributed by atoms with Crippen LogP contribution in [0.2, 0.25) is 0 Å². The lowest BCUT2D eigenvalue weighted by Crippen LogP contribution is -2.46. The van der Waals surface area contributed by atoms with Gasteiger partial charge in [0.05, 0.1) is 11.5 Å². The van der Waals surface area contributed by atoms with Gasteiger partial charge in [-0.25, -0.2) is 4.79 Å². The minimum atomic E-state index is -1.45. The average Bonchev–Trinajstić information content (AvgIpc) is 2.44. The summed E-state index contributed by atoms with van der Waals surface area (Å²) in [5, 5.41) is 13.2. The summed E-state index contributed by atoms with van der Waals surface area (Å²) >= 11 is 0. The molecule has 3 N–H and O–H groups in total. The monoisotopic (exact) mass is 281 g/mol. The first-order valence-corrected chi connectivity index (χ1v) is 5.89. The Morgan fingerprint density at radius 2 is 2.10 bits per heavy atom. The highest BCUT2D eigenvalue weighted by molar-refractivity contribution is 6.01. The van der Waals surface area contributed by atoms with E-state index in [4.69, 9.17) is 5.73 Å². The molecule has 1 aromatic rings. The largest absolute Gasteiger partial charge is 0.464 e. The molecule has 0 heterocycles. The van der Waals surface area contributed by atoms with Gasteiger partial charge < -0.3 is 15.8 Å². The number of amides is 1. The zero-order valence-corrected chi connectivity index (χ0v) is 10.9. The minimum absolute atomic E-state index is 0.0942. The van der Waals surface area contributed by atoms with Gasteiger partial charge >= 0.3 is 5.97 Å². The highest BCUT2D eigenvalue weighted by atomic mass is 16.6. The van der Waals surface area contributed by atoms with Gasteiger partial charge in [-0.15, -0.1) is 0 Å². The lowest BCUT2D eigenvalue weighted by Gasteiger charge is -2.11. The average molecular weight is 281 g/mol. The molecule has 108 valence electrons. The third-order valence-corrected chi connectivity index (χ3v) is 2.46. The highest BCUT2D eigenvalue weighted by Crippen LogP contribution is 2.16. The van der Waals surface area contributed by atoms with Gasteiger partial charge in [-0.1, -0.05) is 18.2 Å². The molecule has 8 heteroatoms. The Labute approximate surface area is 115 Å². The minimum Gasteiger partial charge on any atom is -0.464 e. The molecule has 0 saturated heterocycles. The van der Waals surface area contributed by atoms with Gasteiger partial charge in [0.1, 0.15) is 0 Å². The van der Waals surface area contributed by atoms with Crippen molar-refractivity contribution >= 4 is 17.6 Å². The molecule has 20 heavy (non-hydrogen) atoms. The zero-order valence-electron chi connectivity index (χ0n) is 10.9. The molecule has 0 radical (unpaired) electrons. The van der Waals surface area contributed by atoms with Crippen molar-refractivity contribution in [3.8, 4) is 0 Å². The number of nitrogens with two attached hydrogens (primary N) is 1. The number of hydrogen-bond acceptors (Lipinski definition) is 6. The first-order valence-electron chi connectivity index (χ1n) is 5.89. The van der Waals surface area contributed by atoms with E-state index in [1.807, 2.05) is 0 Å². The van der Waals surface area contributed by atoms with Crippen molar-refractivity contribution in [3.63, 3.8) is 0 Å². The van der Waals surface area contributed by atoms with Crippen LogP contribution in [0.5, 0.6) is 0 Å². The predicted molar refractivity (Wildman–Crippen MR) is 69.6 cm³/mol. The summed E-state index contributed by atoms with van der Waals surface area (Å²) in [6.07, 6.45) is 0. The second-order valence-corrected chi connectivity index (χ2v) is 3.83. The Kier molecular flexibility index (Phi) is 5.60. The number of nitro benzene ring substituents is 1. The topological polar surface area (TPSA) is 125 Å². The fourth-order valence-electron chi connectivity index (χ4n) is 1.47. The molecule has 0 bridgehead atoms. The third kappa shape index (κ3) is 4.02. The number of nitrogens with zero attached hydrogens (tertiary/aromatic N) is 1. The second kappa shape index (κ2) is 7.19. The summed E-state index contributed by atoms with van der Waals surface area (Å²) in [5.41, 5.74) is 5.60. The van der Waals surface area contributed by atoms with Gasteiger partial charge in [-0.05, 0) is 6.92 Å². The lowest BCUT2D eigenvalue weighted by atomic mass is 10.1.